The minimum absolute atomic E-state index is 0.0716. The highest BCUT2D eigenvalue weighted by atomic mass is 32.2. The van der Waals surface area contributed by atoms with Gasteiger partial charge in [-0.1, -0.05) is 0 Å². The van der Waals surface area contributed by atoms with Gasteiger partial charge in [0.05, 0.1) is 0 Å². The first-order chi connectivity index (χ1) is 7.09. The lowest BCUT2D eigenvalue weighted by Gasteiger charge is -2.23. The molecule has 1 rings (SSSR count). The number of aromatic amines is 1. The van der Waals surface area contributed by atoms with Crippen molar-refractivity contribution in [3.05, 3.63) is 10.6 Å². The number of nitrogens with one attached hydrogen (secondary N) is 1. The Balaban J connectivity index is 3.52. The molecule has 1 aromatic rings. The fraction of sp³-hybridized carbons (Fsp3) is 0.778. The highest BCUT2D eigenvalue weighted by Crippen LogP contribution is 2.28. The molecule has 0 atom stereocenters. The summed E-state index contributed by atoms with van der Waals surface area (Å²) in [7, 11) is -3.25. The summed E-state index contributed by atoms with van der Waals surface area (Å²) in [5, 5.41) is 6.69. The Hall–Kier alpha value is -0.690. The van der Waals surface area contributed by atoms with Crippen molar-refractivity contribution >= 4 is 22.1 Å². The van der Waals surface area contributed by atoms with Crippen LogP contribution in [0.2, 0.25) is 0 Å². The largest absolute Gasteiger partial charge is 0.300 e. The van der Waals surface area contributed by atoms with Crippen molar-refractivity contribution in [1.29, 1.82) is 0 Å². The number of rotatable bonds is 3. The molecule has 0 aromatic carbocycles. The van der Waals surface area contributed by atoms with E-state index in [-0.39, 0.29) is 6.04 Å². The van der Waals surface area contributed by atoms with Crippen LogP contribution in [0.25, 0.3) is 0 Å². The van der Waals surface area contributed by atoms with Gasteiger partial charge in [-0.2, -0.15) is 5.10 Å². The molecule has 0 spiro atoms. The molecule has 0 saturated heterocycles. The topological polar surface area (TPSA) is 67.8 Å². The van der Waals surface area contributed by atoms with E-state index in [1.165, 1.54) is 6.26 Å². The van der Waals surface area contributed by atoms with E-state index in [0.717, 1.165) is 0 Å². The van der Waals surface area contributed by atoms with Crippen LogP contribution < -0.4 is 0 Å². The Morgan fingerprint density at radius 1 is 1.44 bits per heavy atom. The third kappa shape index (κ3) is 2.06. The van der Waals surface area contributed by atoms with Gasteiger partial charge in [-0.3, -0.25) is 5.10 Å². The molecule has 92 valence electrons. The first-order valence-corrected chi connectivity index (χ1v) is 7.26. The Labute approximate surface area is 101 Å². The van der Waals surface area contributed by atoms with Crippen molar-refractivity contribution in [2.75, 3.05) is 6.26 Å². The molecule has 0 unspecified atom stereocenters. The number of hydrogen-bond donors (Lipinski definition) is 1. The van der Waals surface area contributed by atoms with E-state index in [0.29, 0.717) is 10.6 Å². The van der Waals surface area contributed by atoms with Gasteiger partial charge in [0.25, 0.3) is 0 Å². The SMILES string of the molecule is CC(C)n1c(C(C)(C)S(C)(=O)=O)n[nH]c1=S. The maximum absolute atomic E-state index is 11.7. The van der Waals surface area contributed by atoms with Crippen LogP contribution >= 0.6 is 12.2 Å². The molecule has 1 N–H and O–H groups in total. The Morgan fingerprint density at radius 2 is 1.94 bits per heavy atom. The maximum Gasteiger partial charge on any atom is 0.195 e. The van der Waals surface area contributed by atoms with Gasteiger partial charge in [0.1, 0.15) is 4.75 Å². The summed E-state index contributed by atoms with van der Waals surface area (Å²) >= 11 is 5.09. The van der Waals surface area contributed by atoms with Crippen LogP contribution in [-0.4, -0.2) is 29.4 Å². The molecule has 0 amide bonds. The van der Waals surface area contributed by atoms with Gasteiger partial charge in [-0.15, -0.1) is 0 Å². The highest BCUT2D eigenvalue weighted by molar-refractivity contribution is 7.91. The third-order valence-corrected chi connectivity index (χ3v) is 5.01. The summed E-state index contributed by atoms with van der Waals surface area (Å²) < 4.78 is 24.6. The zero-order valence-corrected chi connectivity index (χ0v) is 11.7. The second kappa shape index (κ2) is 3.96. The lowest BCUT2D eigenvalue weighted by molar-refractivity contribution is 0.499. The molecule has 0 radical (unpaired) electrons. The van der Waals surface area contributed by atoms with Crippen molar-refractivity contribution in [2.24, 2.45) is 0 Å². The van der Waals surface area contributed by atoms with Gasteiger partial charge in [-0.25, -0.2) is 8.42 Å². The van der Waals surface area contributed by atoms with Gasteiger partial charge in [-0.05, 0) is 39.9 Å². The maximum atomic E-state index is 11.7. The zero-order chi connectivity index (χ0) is 12.7. The lowest BCUT2D eigenvalue weighted by atomic mass is 10.2. The fourth-order valence-electron chi connectivity index (χ4n) is 1.37. The summed E-state index contributed by atoms with van der Waals surface area (Å²) in [6.07, 6.45) is 1.20. The summed E-state index contributed by atoms with van der Waals surface area (Å²) in [5.41, 5.74) is 0. The van der Waals surface area contributed by atoms with E-state index in [4.69, 9.17) is 12.2 Å². The number of nitrogens with zero attached hydrogens (tertiary/aromatic N) is 2. The Kier molecular flexibility index (Phi) is 3.31. The number of sulfone groups is 1. The highest BCUT2D eigenvalue weighted by Gasteiger charge is 2.37. The van der Waals surface area contributed by atoms with E-state index >= 15 is 0 Å². The first kappa shape index (κ1) is 13.4. The minimum Gasteiger partial charge on any atom is -0.300 e. The van der Waals surface area contributed by atoms with Gasteiger partial charge in [0.2, 0.25) is 0 Å². The first-order valence-electron chi connectivity index (χ1n) is 4.96. The van der Waals surface area contributed by atoms with E-state index in [2.05, 4.69) is 10.2 Å². The molecule has 5 nitrogen and oxygen atoms in total. The number of hydrogen-bond acceptors (Lipinski definition) is 4. The van der Waals surface area contributed by atoms with Crippen LogP contribution in [0, 0.1) is 4.77 Å². The van der Waals surface area contributed by atoms with E-state index in [1.807, 2.05) is 13.8 Å². The summed E-state index contributed by atoms with van der Waals surface area (Å²) in [5.74, 6) is 0.454. The van der Waals surface area contributed by atoms with E-state index < -0.39 is 14.6 Å². The summed E-state index contributed by atoms with van der Waals surface area (Å²) in [6, 6.07) is 0.0716. The molecular formula is C9H17N3O2S2. The molecule has 0 bridgehead atoms. The van der Waals surface area contributed by atoms with Crippen molar-refractivity contribution in [3.63, 3.8) is 0 Å². The predicted octanol–water partition coefficient (Wildman–Crippen LogP) is 1.80. The molecule has 0 saturated carbocycles. The predicted molar refractivity (Wildman–Crippen MR) is 65.7 cm³/mol. The Bertz CT molecular complexity index is 537. The monoisotopic (exact) mass is 263 g/mol. The Morgan fingerprint density at radius 3 is 2.31 bits per heavy atom. The third-order valence-electron chi connectivity index (χ3n) is 2.69. The molecular weight excluding hydrogens is 246 g/mol. The van der Waals surface area contributed by atoms with Crippen LogP contribution in [0.15, 0.2) is 0 Å². The number of aromatic nitrogens is 3. The molecule has 7 heteroatoms. The molecule has 1 aromatic heterocycles. The average Bonchev–Trinajstić information content (AvgIpc) is 2.45. The van der Waals surface area contributed by atoms with Gasteiger partial charge < -0.3 is 4.57 Å². The molecule has 0 aliphatic carbocycles. The quantitative estimate of drug-likeness (QED) is 0.844. The van der Waals surface area contributed by atoms with Crippen LogP contribution in [-0.2, 0) is 14.6 Å². The van der Waals surface area contributed by atoms with Gasteiger partial charge in [0, 0.05) is 12.3 Å². The standard InChI is InChI=1S/C9H17N3O2S2/c1-6(2)12-7(10-11-8(12)15)9(3,4)16(5,13)14/h6H,1-5H3,(H,11,15). The molecule has 0 fully saturated rings. The van der Waals surface area contributed by atoms with Crippen molar-refractivity contribution < 1.29 is 8.42 Å². The van der Waals surface area contributed by atoms with Gasteiger partial charge >= 0.3 is 0 Å². The molecule has 0 aliphatic rings. The molecule has 0 aliphatic heterocycles. The normalized spacial score (nSPS) is 13.4. The van der Waals surface area contributed by atoms with Gasteiger partial charge in [0.15, 0.2) is 20.4 Å². The van der Waals surface area contributed by atoms with Crippen molar-refractivity contribution in [1.82, 2.24) is 14.8 Å². The summed E-state index contributed by atoms with van der Waals surface area (Å²) in [4.78, 5) is 0. The fourth-order valence-corrected chi connectivity index (χ4v) is 2.19. The molecule has 1 heterocycles. The van der Waals surface area contributed by atoms with E-state index in [9.17, 15) is 8.42 Å². The van der Waals surface area contributed by atoms with Crippen LogP contribution in [0.5, 0.6) is 0 Å². The van der Waals surface area contributed by atoms with Crippen LogP contribution in [0.1, 0.15) is 39.6 Å². The minimum atomic E-state index is -3.25. The second-order valence-corrected chi connectivity index (χ2v) is 7.55. The zero-order valence-electron chi connectivity index (χ0n) is 10.1. The van der Waals surface area contributed by atoms with Crippen molar-refractivity contribution in [2.45, 2.75) is 38.5 Å². The lowest BCUT2D eigenvalue weighted by Crippen LogP contribution is -2.32. The number of H-pyrrole nitrogens is 1. The van der Waals surface area contributed by atoms with E-state index in [1.54, 1.807) is 18.4 Å². The smallest absolute Gasteiger partial charge is 0.195 e. The average molecular weight is 263 g/mol. The molecule has 16 heavy (non-hydrogen) atoms. The van der Waals surface area contributed by atoms with Crippen molar-refractivity contribution in [3.8, 4) is 0 Å². The van der Waals surface area contributed by atoms with Crippen LogP contribution in [0.3, 0.4) is 0 Å². The summed E-state index contributed by atoms with van der Waals surface area (Å²) in [6.45, 7) is 7.14. The second-order valence-electron chi connectivity index (χ2n) is 4.60. The van der Waals surface area contributed by atoms with Crippen LogP contribution in [0.4, 0.5) is 0 Å².